The van der Waals surface area contributed by atoms with Crippen molar-refractivity contribution in [2.75, 3.05) is 0 Å². The molecule has 2 atom stereocenters. The van der Waals surface area contributed by atoms with E-state index in [1.165, 1.54) is 13.0 Å². The molecule has 0 heterocycles. The first-order valence-electron chi connectivity index (χ1n) is 9.82. The van der Waals surface area contributed by atoms with Crippen LogP contribution in [0.2, 0.25) is 0 Å². The molecule has 0 aromatic heterocycles. The van der Waals surface area contributed by atoms with Gasteiger partial charge < -0.3 is 10.6 Å². The highest BCUT2D eigenvalue weighted by atomic mass is 19.1. The van der Waals surface area contributed by atoms with Gasteiger partial charge in [-0.05, 0) is 67.5 Å². The van der Waals surface area contributed by atoms with Crippen LogP contribution in [-0.4, -0.2) is 29.7 Å². The number of halogens is 2. The average molecular weight is 402 g/mol. The zero-order valence-electron chi connectivity index (χ0n) is 16.3. The third-order valence-corrected chi connectivity index (χ3v) is 5.23. The second-order valence-corrected chi connectivity index (χ2v) is 7.53. The number of allylic oxidation sites excluding steroid dienone is 2. The summed E-state index contributed by atoms with van der Waals surface area (Å²) in [5.74, 6) is -2.73. The second kappa shape index (κ2) is 9.11. The standard InChI is InChI=1S/C22H24F2N2O3/c1-13(25-20(28)11-14-9-16(23)12-17(24)10-14)22(29)26-21-18-6-4-2-3-5-15(18)7-8-19(21)27/h7-10,12-13,21H,2-6,11H2,1H3,(H,25,28)(H,26,29)/t13-,21?/m0/s1. The minimum atomic E-state index is -0.894. The fourth-order valence-corrected chi connectivity index (χ4v) is 3.78. The zero-order chi connectivity index (χ0) is 21.0. The van der Waals surface area contributed by atoms with Crippen LogP contribution < -0.4 is 10.6 Å². The van der Waals surface area contributed by atoms with Crippen LogP contribution in [0.1, 0.15) is 44.6 Å². The summed E-state index contributed by atoms with van der Waals surface area (Å²) < 4.78 is 26.5. The van der Waals surface area contributed by atoms with Gasteiger partial charge in [-0.1, -0.05) is 12.5 Å². The Hall–Kier alpha value is -2.83. The third-order valence-electron chi connectivity index (χ3n) is 5.23. The Bertz CT molecular complexity index is 872. The van der Waals surface area contributed by atoms with Crippen molar-refractivity contribution in [2.24, 2.45) is 0 Å². The van der Waals surface area contributed by atoms with Crippen molar-refractivity contribution in [2.45, 2.75) is 57.5 Å². The maximum Gasteiger partial charge on any atom is 0.243 e. The maximum atomic E-state index is 13.3. The van der Waals surface area contributed by atoms with Gasteiger partial charge in [-0.3, -0.25) is 14.4 Å². The molecule has 1 aromatic carbocycles. The van der Waals surface area contributed by atoms with Crippen molar-refractivity contribution in [3.05, 3.63) is 58.7 Å². The number of hydrogen-bond acceptors (Lipinski definition) is 3. The summed E-state index contributed by atoms with van der Waals surface area (Å²) in [5.41, 5.74) is 2.24. The molecule has 2 amide bonds. The van der Waals surface area contributed by atoms with Crippen LogP contribution in [0.25, 0.3) is 0 Å². The smallest absolute Gasteiger partial charge is 0.243 e. The van der Waals surface area contributed by atoms with Crippen molar-refractivity contribution < 1.29 is 23.2 Å². The van der Waals surface area contributed by atoms with E-state index < -0.39 is 35.5 Å². The lowest BCUT2D eigenvalue weighted by atomic mass is 9.88. The maximum absolute atomic E-state index is 13.3. The molecule has 154 valence electrons. The summed E-state index contributed by atoms with van der Waals surface area (Å²) in [4.78, 5) is 37.1. The van der Waals surface area contributed by atoms with Crippen LogP contribution in [0.3, 0.4) is 0 Å². The number of amides is 2. The Labute approximate surface area is 168 Å². The van der Waals surface area contributed by atoms with E-state index in [9.17, 15) is 23.2 Å². The van der Waals surface area contributed by atoms with Gasteiger partial charge in [0.05, 0.1) is 6.42 Å². The van der Waals surface area contributed by atoms with E-state index in [1.807, 2.05) is 6.08 Å². The number of ketones is 1. The Morgan fingerprint density at radius 1 is 1.07 bits per heavy atom. The highest BCUT2D eigenvalue weighted by molar-refractivity contribution is 6.02. The fourth-order valence-electron chi connectivity index (χ4n) is 3.78. The Morgan fingerprint density at radius 2 is 1.76 bits per heavy atom. The number of carbonyl (C=O) groups is 3. The fraction of sp³-hybridized carbons (Fsp3) is 0.409. The number of hydrogen-bond donors (Lipinski definition) is 2. The van der Waals surface area contributed by atoms with E-state index in [-0.39, 0.29) is 17.8 Å². The summed E-state index contributed by atoms with van der Waals surface area (Å²) in [6, 6.07) is 1.27. The molecule has 1 aromatic rings. The molecule has 0 bridgehead atoms. The van der Waals surface area contributed by atoms with E-state index in [2.05, 4.69) is 10.6 Å². The molecule has 0 fully saturated rings. The predicted molar refractivity (Wildman–Crippen MR) is 104 cm³/mol. The summed E-state index contributed by atoms with van der Waals surface area (Å²) in [5, 5.41) is 5.27. The molecule has 2 aliphatic rings. The molecule has 0 aliphatic heterocycles. The van der Waals surface area contributed by atoms with Gasteiger partial charge in [-0.25, -0.2) is 8.78 Å². The Balaban J connectivity index is 1.61. The monoisotopic (exact) mass is 402 g/mol. The summed E-state index contributed by atoms with van der Waals surface area (Å²) in [6.45, 7) is 1.50. The molecular weight excluding hydrogens is 378 g/mol. The van der Waals surface area contributed by atoms with Crippen LogP contribution in [0.4, 0.5) is 8.78 Å². The van der Waals surface area contributed by atoms with Gasteiger partial charge >= 0.3 is 0 Å². The van der Waals surface area contributed by atoms with Gasteiger partial charge in [0.1, 0.15) is 23.7 Å². The molecule has 1 unspecified atom stereocenters. The van der Waals surface area contributed by atoms with Gasteiger partial charge in [0, 0.05) is 6.07 Å². The average Bonchev–Trinajstić information content (AvgIpc) is 2.88. The van der Waals surface area contributed by atoms with Crippen LogP contribution in [0.5, 0.6) is 0 Å². The summed E-state index contributed by atoms with van der Waals surface area (Å²) >= 11 is 0. The van der Waals surface area contributed by atoms with E-state index in [4.69, 9.17) is 0 Å². The SMILES string of the molecule is C[C@H](NC(=O)Cc1cc(F)cc(F)c1)C(=O)NC1C(=O)C=CC2=C1CCCCC2. The molecule has 0 spiro atoms. The third kappa shape index (κ3) is 5.37. The lowest BCUT2D eigenvalue weighted by Crippen LogP contribution is -2.51. The van der Waals surface area contributed by atoms with Crippen molar-refractivity contribution >= 4 is 17.6 Å². The molecule has 2 aliphatic carbocycles. The number of carbonyl (C=O) groups excluding carboxylic acids is 3. The van der Waals surface area contributed by atoms with Crippen LogP contribution in [-0.2, 0) is 20.8 Å². The van der Waals surface area contributed by atoms with Crippen LogP contribution in [0.15, 0.2) is 41.5 Å². The first-order chi connectivity index (χ1) is 13.8. The minimum absolute atomic E-state index is 0.173. The van der Waals surface area contributed by atoms with Crippen molar-refractivity contribution in [1.82, 2.24) is 10.6 Å². The normalized spacial score (nSPS) is 20.0. The first kappa shape index (κ1) is 20.9. The van der Waals surface area contributed by atoms with Gasteiger partial charge in [-0.2, -0.15) is 0 Å². The molecule has 29 heavy (non-hydrogen) atoms. The highest BCUT2D eigenvalue weighted by Crippen LogP contribution is 2.30. The van der Waals surface area contributed by atoms with E-state index in [0.29, 0.717) is 0 Å². The van der Waals surface area contributed by atoms with E-state index >= 15 is 0 Å². The molecular formula is C22H24F2N2O3. The predicted octanol–water partition coefficient (Wildman–Crippen LogP) is 2.90. The molecule has 0 saturated carbocycles. The molecule has 7 heteroatoms. The highest BCUT2D eigenvalue weighted by Gasteiger charge is 2.30. The van der Waals surface area contributed by atoms with Crippen molar-refractivity contribution in [3.63, 3.8) is 0 Å². The van der Waals surface area contributed by atoms with Gasteiger partial charge in [-0.15, -0.1) is 0 Å². The quantitative estimate of drug-likeness (QED) is 0.795. The van der Waals surface area contributed by atoms with Crippen LogP contribution in [0, 0.1) is 11.6 Å². The Morgan fingerprint density at radius 3 is 2.48 bits per heavy atom. The van der Waals surface area contributed by atoms with Gasteiger partial charge in [0.25, 0.3) is 0 Å². The second-order valence-electron chi connectivity index (χ2n) is 7.53. The number of benzene rings is 1. The van der Waals surface area contributed by atoms with Gasteiger partial charge in [0.15, 0.2) is 5.78 Å². The van der Waals surface area contributed by atoms with Crippen molar-refractivity contribution in [1.29, 1.82) is 0 Å². The topological polar surface area (TPSA) is 75.3 Å². The van der Waals surface area contributed by atoms with Crippen LogP contribution >= 0.6 is 0 Å². The molecule has 0 saturated heterocycles. The van der Waals surface area contributed by atoms with E-state index in [1.54, 1.807) is 0 Å². The molecule has 0 radical (unpaired) electrons. The molecule has 5 nitrogen and oxygen atoms in total. The van der Waals surface area contributed by atoms with E-state index in [0.717, 1.165) is 61.4 Å². The number of nitrogens with one attached hydrogen (secondary N) is 2. The largest absolute Gasteiger partial charge is 0.344 e. The lowest BCUT2D eigenvalue weighted by Gasteiger charge is -2.26. The van der Waals surface area contributed by atoms with Crippen molar-refractivity contribution in [3.8, 4) is 0 Å². The molecule has 2 N–H and O–H groups in total. The zero-order valence-corrected chi connectivity index (χ0v) is 16.3. The summed E-state index contributed by atoms with van der Waals surface area (Å²) in [6.07, 6.45) is 7.86. The van der Waals surface area contributed by atoms with Gasteiger partial charge in [0.2, 0.25) is 11.8 Å². The summed E-state index contributed by atoms with van der Waals surface area (Å²) in [7, 11) is 0. The number of rotatable bonds is 5. The Kier molecular flexibility index (Phi) is 6.56. The minimum Gasteiger partial charge on any atom is -0.344 e. The lowest BCUT2D eigenvalue weighted by molar-refractivity contribution is -0.129. The first-order valence-corrected chi connectivity index (χ1v) is 9.82. The molecule has 3 rings (SSSR count).